The van der Waals surface area contributed by atoms with Gasteiger partial charge >= 0.3 is 0 Å². The molecule has 0 fully saturated rings. The van der Waals surface area contributed by atoms with E-state index in [9.17, 15) is 4.39 Å². The van der Waals surface area contributed by atoms with Crippen LogP contribution in [0.15, 0.2) is 30.3 Å². The summed E-state index contributed by atoms with van der Waals surface area (Å²) in [6.07, 6.45) is 6.01. The minimum atomic E-state index is -0.195. The molecule has 1 aromatic rings. The van der Waals surface area contributed by atoms with Crippen LogP contribution in [0.5, 0.6) is 0 Å². The maximum Gasteiger partial charge on any atom is 0.123 e. The fourth-order valence-corrected chi connectivity index (χ4v) is 1.03. The van der Waals surface area contributed by atoms with Gasteiger partial charge in [-0.1, -0.05) is 24.3 Å². The minimum absolute atomic E-state index is 0.195. The predicted octanol–water partition coefficient (Wildman–Crippen LogP) is 2.58. The van der Waals surface area contributed by atoms with E-state index in [-0.39, 0.29) is 5.82 Å². The highest BCUT2D eigenvalue weighted by Crippen LogP contribution is 2.05. The Labute approximate surface area is 78.1 Å². The quantitative estimate of drug-likeness (QED) is 0.706. The van der Waals surface area contributed by atoms with Crippen molar-refractivity contribution < 1.29 is 4.39 Å². The van der Waals surface area contributed by atoms with Crippen LogP contribution in [0.1, 0.15) is 18.4 Å². The Morgan fingerprint density at radius 2 is 1.92 bits per heavy atom. The Balaban J connectivity index is 2.44. The normalized spacial score (nSPS) is 10.9. The van der Waals surface area contributed by atoms with Gasteiger partial charge < -0.3 is 5.73 Å². The van der Waals surface area contributed by atoms with Gasteiger partial charge in [-0.05, 0) is 37.1 Å². The number of rotatable bonds is 4. The van der Waals surface area contributed by atoms with Gasteiger partial charge in [0.2, 0.25) is 0 Å². The molecule has 0 aliphatic carbocycles. The van der Waals surface area contributed by atoms with Gasteiger partial charge in [0, 0.05) is 0 Å². The Morgan fingerprint density at radius 1 is 1.23 bits per heavy atom. The number of hydrogen-bond acceptors (Lipinski definition) is 1. The summed E-state index contributed by atoms with van der Waals surface area (Å²) in [5.74, 6) is -0.195. The number of unbranched alkanes of at least 4 members (excludes halogenated alkanes) is 1. The van der Waals surface area contributed by atoms with E-state index in [0.717, 1.165) is 18.4 Å². The van der Waals surface area contributed by atoms with Gasteiger partial charge in [0.1, 0.15) is 5.82 Å². The van der Waals surface area contributed by atoms with Crippen LogP contribution in [0.2, 0.25) is 0 Å². The van der Waals surface area contributed by atoms with Crippen molar-refractivity contribution in [3.05, 3.63) is 41.7 Å². The van der Waals surface area contributed by atoms with Crippen molar-refractivity contribution in [3.63, 3.8) is 0 Å². The number of nitrogens with two attached hydrogens (primary N) is 1. The van der Waals surface area contributed by atoms with Crippen LogP contribution >= 0.6 is 0 Å². The minimum Gasteiger partial charge on any atom is -0.330 e. The highest BCUT2D eigenvalue weighted by atomic mass is 19.1. The average Bonchev–Trinajstić information content (AvgIpc) is 2.15. The summed E-state index contributed by atoms with van der Waals surface area (Å²) in [6, 6.07) is 6.44. The van der Waals surface area contributed by atoms with E-state index in [1.807, 2.05) is 6.08 Å². The van der Waals surface area contributed by atoms with Crippen LogP contribution in [-0.2, 0) is 0 Å². The first-order valence-electron chi connectivity index (χ1n) is 4.45. The molecule has 1 rings (SSSR count). The lowest BCUT2D eigenvalue weighted by atomic mass is 10.2. The molecule has 0 amide bonds. The zero-order chi connectivity index (χ0) is 9.52. The molecule has 0 saturated heterocycles. The van der Waals surface area contributed by atoms with Crippen molar-refractivity contribution in [1.82, 2.24) is 0 Å². The number of hydrogen-bond donors (Lipinski definition) is 1. The van der Waals surface area contributed by atoms with E-state index in [4.69, 9.17) is 5.73 Å². The molecule has 0 aliphatic heterocycles. The summed E-state index contributed by atoms with van der Waals surface area (Å²) < 4.78 is 12.5. The number of benzene rings is 1. The standard InChI is InChI=1S/C11H14FN/c12-11-7-5-10(6-8-11)4-2-1-3-9-13/h2,4-8H,1,3,9,13H2/b4-2+. The molecule has 2 N–H and O–H groups in total. The third-order valence-electron chi connectivity index (χ3n) is 1.76. The molecule has 2 heteroatoms. The molecular weight excluding hydrogens is 165 g/mol. The smallest absolute Gasteiger partial charge is 0.123 e. The fraction of sp³-hybridized carbons (Fsp3) is 0.273. The van der Waals surface area contributed by atoms with Crippen LogP contribution in [-0.4, -0.2) is 6.54 Å². The Kier molecular flexibility index (Phi) is 4.19. The zero-order valence-electron chi connectivity index (χ0n) is 7.54. The van der Waals surface area contributed by atoms with Crippen molar-refractivity contribution >= 4 is 6.08 Å². The maximum atomic E-state index is 12.5. The lowest BCUT2D eigenvalue weighted by Gasteiger charge is -1.92. The number of allylic oxidation sites excluding steroid dienone is 1. The van der Waals surface area contributed by atoms with E-state index in [1.54, 1.807) is 12.1 Å². The van der Waals surface area contributed by atoms with Gasteiger partial charge in [-0.25, -0.2) is 4.39 Å². The average molecular weight is 179 g/mol. The highest BCUT2D eigenvalue weighted by molar-refractivity contribution is 5.48. The molecule has 0 aliphatic rings. The molecule has 1 nitrogen and oxygen atoms in total. The lowest BCUT2D eigenvalue weighted by Crippen LogP contribution is -1.96. The topological polar surface area (TPSA) is 26.0 Å². The third kappa shape index (κ3) is 3.85. The summed E-state index contributed by atoms with van der Waals surface area (Å²) in [4.78, 5) is 0. The molecule has 0 radical (unpaired) electrons. The SMILES string of the molecule is NCCC/C=C/c1ccc(F)cc1. The summed E-state index contributed by atoms with van der Waals surface area (Å²) in [5, 5.41) is 0. The van der Waals surface area contributed by atoms with Crippen LogP contribution in [0, 0.1) is 5.82 Å². The predicted molar refractivity (Wildman–Crippen MR) is 53.7 cm³/mol. The molecule has 0 heterocycles. The van der Waals surface area contributed by atoms with Gasteiger partial charge in [-0.2, -0.15) is 0 Å². The highest BCUT2D eigenvalue weighted by Gasteiger charge is 1.87. The first-order chi connectivity index (χ1) is 6.33. The van der Waals surface area contributed by atoms with Gasteiger partial charge in [0.25, 0.3) is 0 Å². The Morgan fingerprint density at radius 3 is 2.54 bits per heavy atom. The zero-order valence-corrected chi connectivity index (χ0v) is 7.54. The second kappa shape index (κ2) is 5.49. The van der Waals surface area contributed by atoms with Crippen molar-refractivity contribution in [3.8, 4) is 0 Å². The van der Waals surface area contributed by atoms with E-state index in [0.29, 0.717) is 6.54 Å². The van der Waals surface area contributed by atoms with Gasteiger partial charge in [0.15, 0.2) is 0 Å². The molecule has 0 saturated carbocycles. The number of halogens is 1. The Hall–Kier alpha value is -1.15. The van der Waals surface area contributed by atoms with E-state index < -0.39 is 0 Å². The molecule has 1 aromatic carbocycles. The van der Waals surface area contributed by atoms with Gasteiger partial charge in [0.05, 0.1) is 0 Å². The van der Waals surface area contributed by atoms with E-state index in [1.165, 1.54) is 12.1 Å². The van der Waals surface area contributed by atoms with Crippen LogP contribution < -0.4 is 5.73 Å². The monoisotopic (exact) mass is 179 g/mol. The molecule has 0 bridgehead atoms. The largest absolute Gasteiger partial charge is 0.330 e. The van der Waals surface area contributed by atoms with Crippen molar-refractivity contribution in [2.45, 2.75) is 12.8 Å². The van der Waals surface area contributed by atoms with Crippen molar-refractivity contribution in [2.75, 3.05) is 6.54 Å². The third-order valence-corrected chi connectivity index (χ3v) is 1.76. The molecule has 0 aromatic heterocycles. The summed E-state index contributed by atoms with van der Waals surface area (Å²) in [5.41, 5.74) is 6.37. The van der Waals surface area contributed by atoms with Crippen LogP contribution in [0.4, 0.5) is 4.39 Å². The van der Waals surface area contributed by atoms with E-state index in [2.05, 4.69) is 6.08 Å². The fourth-order valence-electron chi connectivity index (χ4n) is 1.03. The van der Waals surface area contributed by atoms with Crippen molar-refractivity contribution in [1.29, 1.82) is 0 Å². The first kappa shape index (κ1) is 9.93. The summed E-state index contributed by atoms with van der Waals surface area (Å²) in [6.45, 7) is 0.716. The Bertz CT molecular complexity index is 264. The molecule has 0 unspecified atom stereocenters. The van der Waals surface area contributed by atoms with E-state index >= 15 is 0 Å². The molecule has 0 atom stereocenters. The first-order valence-corrected chi connectivity index (χ1v) is 4.45. The molecule has 13 heavy (non-hydrogen) atoms. The van der Waals surface area contributed by atoms with Crippen LogP contribution in [0.25, 0.3) is 6.08 Å². The second-order valence-corrected chi connectivity index (χ2v) is 2.88. The second-order valence-electron chi connectivity index (χ2n) is 2.88. The lowest BCUT2D eigenvalue weighted by molar-refractivity contribution is 0.628. The summed E-state index contributed by atoms with van der Waals surface area (Å²) in [7, 11) is 0. The van der Waals surface area contributed by atoms with Gasteiger partial charge in [-0.15, -0.1) is 0 Å². The van der Waals surface area contributed by atoms with Crippen molar-refractivity contribution in [2.24, 2.45) is 5.73 Å². The van der Waals surface area contributed by atoms with Gasteiger partial charge in [-0.3, -0.25) is 0 Å². The van der Waals surface area contributed by atoms with Crippen LogP contribution in [0.3, 0.4) is 0 Å². The molecule has 0 spiro atoms. The molecular formula is C11H14FN. The summed E-state index contributed by atoms with van der Waals surface area (Å²) >= 11 is 0. The maximum absolute atomic E-state index is 12.5. The molecule has 70 valence electrons.